The fourth-order valence-electron chi connectivity index (χ4n) is 3.53. The van der Waals surface area contributed by atoms with E-state index in [4.69, 9.17) is 0 Å². The summed E-state index contributed by atoms with van der Waals surface area (Å²) < 4.78 is 0. The molecule has 1 aliphatic rings. The van der Waals surface area contributed by atoms with Crippen LogP contribution in [-0.4, -0.2) is 5.11 Å². The summed E-state index contributed by atoms with van der Waals surface area (Å²) in [6.07, 6.45) is 1.68. The van der Waals surface area contributed by atoms with Crippen LogP contribution in [0.1, 0.15) is 33.9 Å². The van der Waals surface area contributed by atoms with Crippen LogP contribution in [-0.2, 0) is 12.8 Å². The number of benzene rings is 3. The van der Waals surface area contributed by atoms with Gasteiger partial charge in [-0.15, -0.1) is 0 Å². The Morgan fingerprint density at radius 3 is 2.48 bits per heavy atom. The second-order valence-corrected chi connectivity index (χ2v) is 5.97. The van der Waals surface area contributed by atoms with Crippen molar-refractivity contribution in [1.29, 1.82) is 0 Å². The van der Waals surface area contributed by atoms with Crippen molar-refractivity contribution in [2.24, 2.45) is 0 Å². The molecule has 0 unspecified atom stereocenters. The Morgan fingerprint density at radius 1 is 0.905 bits per heavy atom. The van der Waals surface area contributed by atoms with E-state index in [-0.39, 0.29) is 0 Å². The summed E-state index contributed by atoms with van der Waals surface area (Å²) in [6, 6.07) is 18.9. The van der Waals surface area contributed by atoms with Gasteiger partial charge in [0.05, 0.1) is 0 Å². The van der Waals surface area contributed by atoms with E-state index in [1.165, 1.54) is 27.5 Å². The monoisotopic (exact) mass is 274 g/mol. The van der Waals surface area contributed by atoms with Crippen LogP contribution in [0.3, 0.4) is 0 Å². The standard InChI is InChI=1S/C20H18O/c1-13-4-2-6-16(12-13)20(21)18-11-10-15-9-8-14-5-3-7-17(18)19(14)15/h2-7,10-12,20-21H,8-9H2,1H3/t20-/m1/s1. The largest absolute Gasteiger partial charge is 0.384 e. The van der Waals surface area contributed by atoms with E-state index >= 15 is 0 Å². The van der Waals surface area contributed by atoms with Crippen molar-refractivity contribution >= 4 is 10.8 Å². The smallest absolute Gasteiger partial charge is 0.105 e. The first-order valence-corrected chi connectivity index (χ1v) is 7.52. The van der Waals surface area contributed by atoms with Crippen LogP contribution in [0.25, 0.3) is 10.8 Å². The van der Waals surface area contributed by atoms with Gasteiger partial charge in [0.25, 0.3) is 0 Å². The zero-order valence-corrected chi connectivity index (χ0v) is 12.1. The third-order valence-corrected chi connectivity index (χ3v) is 4.56. The predicted octanol–water partition coefficient (Wildman–Crippen LogP) is 4.33. The second kappa shape index (κ2) is 4.71. The topological polar surface area (TPSA) is 20.2 Å². The summed E-state index contributed by atoms with van der Waals surface area (Å²) in [5.41, 5.74) is 6.00. The Morgan fingerprint density at radius 2 is 1.67 bits per heavy atom. The molecule has 21 heavy (non-hydrogen) atoms. The second-order valence-electron chi connectivity index (χ2n) is 5.97. The van der Waals surface area contributed by atoms with Gasteiger partial charge in [0.2, 0.25) is 0 Å². The van der Waals surface area contributed by atoms with Gasteiger partial charge < -0.3 is 5.11 Å². The SMILES string of the molecule is Cc1cccc([C@@H](O)c2ccc3c4c(cccc24)CC3)c1. The highest BCUT2D eigenvalue weighted by Gasteiger charge is 2.19. The first kappa shape index (κ1) is 12.6. The highest BCUT2D eigenvalue weighted by molar-refractivity contribution is 5.93. The quantitative estimate of drug-likeness (QED) is 0.737. The number of aliphatic hydroxyl groups is 1. The van der Waals surface area contributed by atoms with Crippen LogP contribution in [0.2, 0.25) is 0 Å². The van der Waals surface area contributed by atoms with Crippen LogP contribution in [0.5, 0.6) is 0 Å². The molecule has 0 heterocycles. The van der Waals surface area contributed by atoms with Crippen molar-refractivity contribution in [3.63, 3.8) is 0 Å². The Hall–Kier alpha value is -2.12. The number of aryl methyl sites for hydroxylation is 3. The maximum atomic E-state index is 10.8. The van der Waals surface area contributed by atoms with Gasteiger partial charge in [0.1, 0.15) is 6.10 Å². The van der Waals surface area contributed by atoms with Gasteiger partial charge in [-0.2, -0.15) is 0 Å². The molecular weight excluding hydrogens is 256 g/mol. The lowest BCUT2D eigenvalue weighted by molar-refractivity contribution is 0.222. The maximum absolute atomic E-state index is 10.8. The lowest BCUT2D eigenvalue weighted by atomic mass is 9.93. The van der Waals surface area contributed by atoms with E-state index in [1.807, 2.05) is 12.1 Å². The van der Waals surface area contributed by atoms with Crippen molar-refractivity contribution in [3.8, 4) is 0 Å². The average molecular weight is 274 g/mol. The molecular formula is C20H18O. The first-order chi connectivity index (χ1) is 10.2. The minimum Gasteiger partial charge on any atom is -0.384 e. The molecule has 1 nitrogen and oxygen atoms in total. The Labute approximate surface area is 124 Å². The summed E-state index contributed by atoms with van der Waals surface area (Å²) >= 11 is 0. The Bertz CT molecular complexity index is 822. The van der Waals surface area contributed by atoms with Crippen LogP contribution in [0.15, 0.2) is 54.6 Å². The Balaban J connectivity index is 1.92. The number of aliphatic hydroxyl groups excluding tert-OH is 1. The van der Waals surface area contributed by atoms with Gasteiger partial charge in [-0.1, -0.05) is 60.2 Å². The zero-order chi connectivity index (χ0) is 14.4. The van der Waals surface area contributed by atoms with E-state index < -0.39 is 6.10 Å². The fourth-order valence-corrected chi connectivity index (χ4v) is 3.53. The van der Waals surface area contributed by atoms with E-state index in [2.05, 4.69) is 49.4 Å². The molecule has 0 radical (unpaired) electrons. The van der Waals surface area contributed by atoms with E-state index in [0.717, 1.165) is 24.0 Å². The molecule has 0 amide bonds. The van der Waals surface area contributed by atoms with Gasteiger partial charge in [0, 0.05) is 0 Å². The highest BCUT2D eigenvalue weighted by atomic mass is 16.3. The van der Waals surface area contributed by atoms with E-state index in [1.54, 1.807) is 0 Å². The van der Waals surface area contributed by atoms with Gasteiger partial charge in [0.15, 0.2) is 0 Å². The lowest BCUT2D eigenvalue weighted by Crippen LogP contribution is -2.01. The molecule has 1 atom stereocenters. The number of rotatable bonds is 2. The molecule has 0 aromatic heterocycles. The molecule has 1 heteroatoms. The highest BCUT2D eigenvalue weighted by Crippen LogP contribution is 2.36. The fraction of sp³-hybridized carbons (Fsp3) is 0.200. The third-order valence-electron chi connectivity index (χ3n) is 4.56. The minimum absolute atomic E-state index is 0.560. The van der Waals surface area contributed by atoms with Crippen LogP contribution >= 0.6 is 0 Å². The maximum Gasteiger partial charge on any atom is 0.105 e. The first-order valence-electron chi connectivity index (χ1n) is 7.52. The van der Waals surface area contributed by atoms with E-state index in [9.17, 15) is 5.11 Å². The zero-order valence-electron chi connectivity index (χ0n) is 12.1. The molecule has 3 aromatic carbocycles. The molecule has 1 N–H and O–H groups in total. The average Bonchev–Trinajstić information content (AvgIpc) is 2.92. The Kier molecular flexibility index (Phi) is 2.83. The third kappa shape index (κ3) is 1.97. The van der Waals surface area contributed by atoms with Gasteiger partial charge in [-0.3, -0.25) is 0 Å². The van der Waals surface area contributed by atoms with Crippen molar-refractivity contribution in [3.05, 3.63) is 82.4 Å². The van der Waals surface area contributed by atoms with Crippen molar-refractivity contribution in [1.82, 2.24) is 0 Å². The molecule has 104 valence electrons. The van der Waals surface area contributed by atoms with Crippen molar-refractivity contribution in [2.45, 2.75) is 25.9 Å². The van der Waals surface area contributed by atoms with Crippen LogP contribution in [0, 0.1) is 6.92 Å². The van der Waals surface area contributed by atoms with Gasteiger partial charge in [-0.05, 0) is 52.8 Å². The summed E-state index contributed by atoms with van der Waals surface area (Å²) in [6.45, 7) is 2.06. The molecule has 0 spiro atoms. The van der Waals surface area contributed by atoms with E-state index in [0.29, 0.717) is 0 Å². The molecule has 0 aliphatic heterocycles. The summed E-state index contributed by atoms with van der Waals surface area (Å²) in [4.78, 5) is 0. The predicted molar refractivity (Wildman–Crippen MR) is 86.6 cm³/mol. The normalized spacial score (nSPS) is 14.6. The molecule has 0 bridgehead atoms. The summed E-state index contributed by atoms with van der Waals surface area (Å²) in [5, 5.41) is 13.4. The molecule has 4 rings (SSSR count). The van der Waals surface area contributed by atoms with Gasteiger partial charge in [-0.25, -0.2) is 0 Å². The number of hydrogen-bond donors (Lipinski definition) is 1. The molecule has 0 fully saturated rings. The summed E-state index contributed by atoms with van der Waals surface area (Å²) in [7, 11) is 0. The van der Waals surface area contributed by atoms with Gasteiger partial charge >= 0.3 is 0 Å². The van der Waals surface area contributed by atoms with Crippen LogP contribution < -0.4 is 0 Å². The van der Waals surface area contributed by atoms with Crippen molar-refractivity contribution in [2.75, 3.05) is 0 Å². The molecule has 0 saturated carbocycles. The minimum atomic E-state index is -0.560. The molecule has 0 saturated heterocycles. The summed E-state index contributed by atoms with van der Waals surface area (Å²) in [5.74, 6) is 0. The van der Waals surface area contributed by atoms with Crippen LogP contribution in [0.4, 0.5) is 0 Å². The lowest BCUT2D eigenvalue weighted by Gasteiger charge is -2.16. The molecule has 1 aliphatic carbocycles. The number of hydrogen-bond acceptors (Lipinski definition) is 1. The molecule has 3 aromatic rings. The van der Waals surface area contributed by atoms with Crippen molar-refractivity contribution < 1.29 is 5.11 Å².